The first-order valence-electron chi connectivity index (χ1n) is 7.33. The van der Waals surface area contributed by atoms with Crippen molar-refractivity contribution in [2.24, 2.45) is 17.8 Å². The zero-order valence-electron chi connectivity index (χ0n) is 10.8. The SMILES string of the molecule is S=Cc1ccc(C23CC4CC(CC(C4)C2)C3)cc1. The second kappa shape index (κ2) is 3.90. The highest BCUT2D eigenvalue weighted by molar-refractivity contribution is 7.79. The van der Waals surface area contributed by atoms with Crippen LogP contribution in [0.5, 0.6) is 0 Å². The number of hydrogen-bond donors (Lipinski definition) is 0. The van der Waals surface area contributed by atoms with Crippen LogP contribution in [0.1, 0.15) is 49.7 Å². The van der Waals surface area contributed by atoms with Gasteiger partial charge in [0.2, 0.25) is 0 Å². The molecule has 18 heavy (non-hydrogen) atoms. The van der Waals surface area contributed by atoms with Crippen molar-refractivity contribution in [1.29, 1.82) is 0 Å². The van der Waals surface area contributed by atoms with E-state index in [9.17, 15) is 0 Å². The molecule has 0 unspecified atom stereocenters. The van der Waals surface area contributed by atoms with Gasteiger partial charge in [-0.05, 0) is 72.8 Å². The highest BCUT2D eigenvalue weighted by Crippen LogP contribution is 2.60. The van der Waals surface area contributed by atoms with E-state index in [1.54, 1.807) is 10.9 Å². The Morgan fingerprint density at radius 2 is 1.39 bits per heavy atom. The van der Waals surface area contributed by atoms with Gasteiger partial charge in [-0.25, -0.2) is 0 Å². The Labute approximate surface area is 115 Å². The molecule has 4 bridgehead atoms. The Kier molecular flexibility index (Phi) is 2.42. The van der Waals surface area contributed by atoms with Crippen molar-refractivity contribution in [3.8, 4) is 0 Å². The van der Waals surface area contributed by atoms with Crippen LogP contribution >= 0.6 is 12.2 Å². The quantitative estimate of drug-likeness (QED) is 0.702. The largest absolute Gasteiger partial charge is 0.0881 e. The summed E-state index contributed by atoms with van der Waals surface area (Å²) in [5, 5.41) is 1.78. The molecule has 0 N–H and O–H groups in total. The summed E-state index contributed by atoms with van der Waals surface area (Å²) in [6.45, 7) is 0. The van der Waals surface area contributed by atoms with Crippen molar-refractivity contribution in [1.82, 2.24) is 0 Å². The van der Waals surface area contributed by atoms with Gasteiger partial charge in [0.25, 0.3) is 0 Å². The van der Waals surface area contributed by atoms with Crippen LogP contribution in [0.4, 0.5) is 0 Å². The molecule has 0 nitrogen and oxygen atoms in total. The van der Waals surface area contributed by atoms with Gasteiger partial charge < -0.3 is 0 Å². The lowest BCUT2D eigenvalue weighted by atomic mass is 9.48. The van der Waals surface area contributed by atoms with E-state index >= 15 is 0 Å². The summed E-state index contributed by atoms with van der Waals surface area (Å²) in [6.07, 6.45) is 8.94. The highest BCUT2D eigenvalue weighted by atomic mass is 32.1. The molecule has 5 rings (SSSR count). The van der Waals surface area contributed by atoms with Crippen LogP contribution in [0.15, 0.2) is 24.3 Å². The second-order valence-corrected chi connectivity index (χ2v) is 7.17. The molecule has 1 aromatic carbocycles. The van der Waals surface area contributed by atoms with Crippen molar-refractivity contribution in [3.63, 3.8) is 0 Å². The van der Waals surface area contributed by atoms with Crippen LogP contribution in [0.25, 0.3) is 0 Å². The fourth-order valence-electron chi connectivity index (χ4n) is 5.38. The first-order chi connectivity index (χ1) is 8.77. The van der Waals surface area contributed by atoms with Crippen molar-refractivity contribution < 1.29 is 0 Å². The maximum absolute atomic E-state index is 5.01. The average Bonchev–Trinajstić information content (AvgIpc) is 2.37. The van der Waals surface area contributed by atoms with E-state index in [2.05, 4.69) is 24.3 Å². The second-order valence-electron chi connectivity index (χ2n) is 6.94. The minimum Gasteiger partial charge on any atom is -0.0881 e. The standard InChI is InChI=1S/C17H20S/c18-11-12-1-3-16(4-2-12)17-8-13-5-14(9-17)7-15(6-13)10-17/h1-4,11,13-15H,5-10H2. The van der Waals surface area contributed by atoms with Crippen LogP contribution in [-0.4, -0.2) is 5.37 Å². The lowest BCUT2D eigenvalue weighted by Gasteiger charge is -2.57. The van der Waals surface area contributed by atoms with Crippen LogP contribution < -0.4 is 0 Å². The van der Waals surface area contributed by atoms with Gasteiger partial charge in [0, 0.05) is 5.37 Å². The third-order valence-corrected chi connectivity index (χ3v) is 5.97. The maximum Gasteiger partial charge on any atom is 0.00861 e. The highest BCUT2D eigenvalue weighted by Gasteiger charge is 2.51. The van der Waals surface area contributed by atoms with Crippen LogP contribution in [0, 0.1) is 17.8 Å². The Morgan fingerprint density at radius 3 is 1.83 bits per heavy atom. The first-order valence-corrected chi connectivity index (χ1v) is 7.80. The van der Waals surface area contributed by atoms with Crippen LogP contribution in [0.3, 0.4) is 0 Å². The van der Waals surface area contributed by atoms with Gasteiger partial charge in [-0.3, -0.25) is 0 Å². The van der Waals surface area contributed by atoms with E-state index in [0.29, 0.717) is 5.41 Å². The van der Waals surface area contributed by atoms with Crippen LogP contribution in [-0.2, 0) is 5.41 Å². The summed E-state index contributed by atoms with van der Waals surface area (Å²) in [5.74, 6) is 3.09. The Morgan fingerprint density at radius 1 is 0.889 bits per heavy atom. The Hall–Kier alpha value is -0.690. The van der Waals surface area contributed by atoms with Gasteiger partial charge in [-0.15, -0.1) is 0 Å². The van der Waals surface area contributed by atoms with E-state index < -0.39 is 0 Å². The zero-order valence-corrected chi connectivity index (χ0v) is 11.6. The molecule has 0 heterocycles. The zero-order chi connectivity index (χ0) is 12.2. The number of benzene rings is 1. The fourth-order valence-corrected chi connectivity index (χ4v) is 5.54. The molecular formula is C17H20S. The van der Waals surface area contributed by atoms with Gasteiger partial charge in [-0.2, -0.15) is 0 Å². The topological polar surface area (TPSA) is 0 Å². The molecular weight excluding hydrogens is 236 g/mol. The normalized spacial score (nSPS) is 41.0. The maximum atomic E-state index is 5.01. The van der Waals surface area contributed by atoms with Gasteiger partial charge in [0.15, 0.2) is 0 Å². The van der Waals surface area contributed by atoms with Gasteiger partial charge in [0.05, 0.1) is 0 Å². The molecule has 0 atom stereocenters. The third-order valence-electron chi connectivity index (χ3n) is 5.70. The first kappa shape index (κ1) is 11.2. The van der Waals surface area contributed by atoms with Gasteiger partial charge >= 0.3 is 0 Å². The summed E-state index contributed by atoms with van der Waals surface area (Å²) in [4.78, 5) is 0. The lowest BCUT2D eigenvalue weighted by molar-refractivity contribution is -0.00518. The fraction of sp³-hybridized carbons (Fsp3) is 0.588. The summed E-state index contributed by atoms with van der Waals surface area (Å²) in [7, 11) is 0. The Bertz CT molecular complexity index is 436. The number of hydrogen-bond acceptors (Lipinski definition) is 1. The molecule has 1 aromatic rings. The molecule has 0 aliphatic heterocycles. The summed E-state index contributed by atoms with van der Waals surface area (Å²) in [6, 6.07) is 9.12. The third kappa shape index (κ3) is 1.60. The average molecular weight is 256 g/mol. The molecule has 4 saturated carbocycles. The summed E-state index contributed by atoms with van der Waals surface area (Å²) >= 11 is 5.01. The predicted molar refractivity (Wildman–Crippen MR) is 79.0 cm³/mol. The molecule has 4 aliphatic carbocycles. The van der Waals surface area contributed by atoms with Crippen LogP contribution in [0.2, 0.25) is 0 Å². The lowest BCUT2D eigenvalue weighted by Crippen LogP contribution is -2.48. The minimum absolute atomic E-state index is 0.536. The molecule has 4 fully saturated rings. The van der Waals surface area contributed by atoms with Gasteiger partial charge in [-0.1, -0.05) is 36.5 Å². The molecule has 0 spiro atoms. The molecule has 1 heteroatoms. The van der Waals surface area contributed by atoms with Crippen molar-refractivity contribution >= 4 is 17.6 Å². The summed E-state index contributed by atoms with van der Waals surface area (Å²) < 4.78 is 0. The predicted octanol–water partition coefficient (Wildman–Crippen LogP) is 4.50. The van der Waals surface area contributed by atoms with E-state index in [-0.39, 0.29) is 0 Å². The monoisotopic (exact) mass is 256 g/mol. The number of thiocarbonyl (C=S) groups is 1. The number of rotatable bonds is 2. The van der Waals surface area contributed by atoms with E-state index in [1.807, 2.05) is 0 Å². The Balaban J connectivity index is 1.72. The minimum atomic E-state index is 0.536. The molecule has 0 radical (unpaired) electrons. The van der Waals surface area contributed by atoms with Gasteiger partial charge in [0.1, 0.15) is 0 Å². The molecule has 0 saturated heterocycles. The van der Waals surface area contributed by atoms with E-state index in [1.165, 1.54) is 44.1 Å². The summed E-state index contributed by atoms with van der Waals surface area (Å²) in [5.41, 5.74) is 3.31. The van der Waals surface area contributed by atoms with Crippen molar-refractivity contribution in [2.75, 3.05) is 0 Å². The van der Waals surface area contributed by atoms with E-state index in [0.717, 1.165) is 17.8 Å². The molecule has 0 aromatic heterocycles. The van der Waals surface area contributed by atoms with Crippen molar-refractivity contribution in [3.05, 3.63) is 35.4 Å². The molecule has 94 valence electrons. The smallest absolute Gasteiger partial charge is 0.00861 e. The van der Waals surface area contributed by atoms with E-state index in [4.69, 9.17) is 12.2 Å². The molecule has 0 amide bonds. The molecule has 4 aliphatic rings. The van der Waals surface area contributed by atoms with Crippen molar-refractivity contribution in [2.45, 2.75) is 43.9 Å².